The zero-order valence-corrected chi connectivity index (χ0v) is 31.7. The first-order chi connectivity index (χ1) is 26.5. The van der Waals surface area contributed by atoms with Crippen LogP contribution in [0.3, 0.4) is 0 Å². The van der Waals surface area contributed by atoms with Crippen LogP contribution in [0.25, 0.3) is 32.9 Å². The molecule has 0 bridgehead atoms. The third kappa shape index (κ3) is 6.79. The number of ketones is 1. The van der Waals surface area contributed by atoms with Crippen LogP contribution in [-0.4, -0.2) is 100 Å². The summed E-state index contributed by atoms with van der Waals surface area (Å²) < 4.78 is 44.7. The molecule has 0 radical (unpaired) electrons. The molecule has 4 fully saturated rings. The third-order valence-electron chi connectivity index (χ3n) is 12.0. The number of amides is 1. The van der Waals surface area contributed by atoms with Gasteiger partial charge in [-0.25, -0.2) is 13.8 Å². The van der Waals surface area contributed by atoms with Gasteiger partial charge >= 0.3 is 6.01 Å². The van der Waals surface area contributed by atoms with Crippen molar-refractivity contribution < 1.29 is 33.0 Å². The first-order valence-corrected chi connectivity index (χ1v) is 19.2. The summed E-state index contributed by atoms with van der Waals surface area (Å²) in [5.41, 5.74) is -0.435. The lowest BCUT2D eigenvalue weighted by atomic mass is 9.95. The maximum Gasteiger partial charge on any atom is 0.319 e. The highest BCUT2D eigenvalue weighted by molar-refractivity contribution is 6.04. The lowest BCUT2D eigenvalue weighted by Gasteiger charge is -2.47. The lowest BCUT2D eigenvalue weighted by Crippen LogP contribution is -2.60. The highest BCUT2D eigenvalue weighted by atomic mass is 19.1. The molecule has 13 heteroatoms. The molecule has 4 aliphatic rings. The summed E-state index contributed by atoms with van der Waals surface area (Å²) in [6.45, 7) is 9.62. The monoisotopic (exact) mass is 752 g/mol. The van der Waals surface area contributed by atoms with E-state index in [0.717, 1.165) is 44.3 Å². The number of fused-ring (bicyclic) bond motifs is 3. The molecule has 4 atom stereocenters. The maximum atomic E-state index is 17.4. The summed E-state index contributed by atoms with van der Waals surface area (Å²) in [7, 11) is 1.41. The molecule has 1 amide bonds. The van der Waals surface area contributed by atoms with Gasteiger partial charge in [-0.05, 0) is 74.4 Å². The van der Waals surface area contributed by atoms with Crippen LogP contribution in [-0.2, 0) is 9.59 Å². The molecule has 1 N–H and O–H groups in total. The van der Waals surface area contributed by atoms with Crippen LogP contribution in [0.2, 0.25) is 0 Å². The normalized spacial score (nSPS) is 22.8. The molecular weight excluding hydrogens is 706 g/mol. The molecule has 2 aliphatic heterocycles. The van der Waals surface area contributed by atoms with Crippen LogP contribution in [0.4, 0.5) is 14.6 Å². The van der Waals surface area contributed by atoms with Gasteiger partial charge in [0.1, 0.15) is 39.8 Å². The van der Waals surface area contributed by atoms with Crippen molar-refractivity contribution in [1.82, 2.24) is 24.8 Å². The van der Waals surface area contributed by atoms with Gasteiger partial charge in [0.2, 0.25) is 11.8 Å². The number of piperidine rings is 1. The van der Waals surface area contributed by atoms with Crippen LogP contribution in [0.5, 0.6) is 17.6 Å². The number of carbonyl (C=O) groups excluding carboxylic acids is 2. The predicted molar refractivity (Wildman–Crippen MR) is 204 cm³/mol. The van der Waals surface area contributed by atoms with Gasteiger partial charge in [0.05, 0.1) is 25.7 Å². The largest absolute Gasteiger partial charge is 0.508 e. The van der Waals surface area contributed by atoms with Crippen molar-refractivity contribution in [3.63, 3.8) is 0 Å². The van der Waals surface area contributed by atoms with Gasteiger partial charge in [-0.2, -0.15) is 9.97 Å². The van der Waals surface area contributed by atoms with Gasteiger partial charge in [-0.15, -0.1) is 6.42 Å². The van der Waals surface area contributed by atoms with Crippen LogP contribution >= 0.6 is 0 Å². The van der Waals surface area contributed by atoms with E-state index >= 15 is 8.78 Å². The molecule has 2 aliphatic carbocycles. The second kappa shape index (κ2) is 14.2. The Labute approximate surface area is 319 Å². The minimum absolute atomic E-state index is 0.00514. The number of pyridine rings is 1. The number of nitrogens with zero attached hydrogens (tertiary/aromatic N) is 6. The molecule has 55 heavy (non-hydrogen) atoms. The Morgan fingerprint density at radius 2 is 1.73 bits per heavy atom. The number of methoxy groups -OCH3 is 1. The van der Waals surface area contributed by atoms with E-state index in [-0.39, 0.29) is 86.4 Å². The molecule has 288 valence electrons. The number of phenolic OH excluding ortho intramolecular Hbond substituents is 1. The minimum atomic E-state index is -0.852. The Hall–Kier alpha value is -5.09. The summed E-state index contributed by atoms with van der Waals surface area (Å²) in [6.07, 6.45) is 10.2. The Balaban J connectivity index is 1.26. The molecule has 2 saturated carbocycles. The topological polar surface area (TPSA) is 121 Å². The van der Waals surface area contributed by atoms with Crippen molar-refractivity contribution in [2.45, 2.75) is 71.4 Å². The van der Waals surface area contributed by atoms with Gasteiger partial charge in [-0.3, -0.25) is 9.59 Å². The number of halogens is 2. The Morgan fingerprint density at radius 3 is 2.35 bits per heavy atom. The van der Waals surface area contributed by atoms with Gasteiger partial charge < -0.3 is 29.3 Å². The second-order valence-corrected chi connectivity index (χ2v) is 15.9. The molecule has 2 aromatic carbocycles. The highest BCUT2D eigenvalue weighted by Crippen LogP contribution is 2.51. The van der Waals surface area contributed by atoms with E-state index in [1.165, 1.54) is 44.7 Å². The molecule has 4 unspecified atom stereocenters. The van der Waals surface area contributed by atoms with Crippen LogP contribution in [0.15, 0.2) is 24.3 Å². The summed E-state index contributed by atoms with van der Waals surface area (Å²) in [5.74, 6) is 2.23. The molecule has 4 heterocycles. The standard InChI is InChI=1S/C42H46F2N6O5/c1-6-27-19-49(20-28(7-2)50(27)33(53)13-23(4)51)39-35-38(46-41(47-39)55-22-42(11-12-42)21-48-17-25-14-26(25)18-48)36(44)37(45-40(35)54-5)31-16-29(52)15-24-9-10-32(43)30(8-3)34(24)31/h3,9-10,15-16,25-28,52H,6-7,11-14,17-22H2,1-2,4-5H3. The Bertz CT molecular complexity index is 2230. The van der Waals surface area contributed by atoms with Crippen molar-refractivity contribution in [2.24, 2.45) is 17.3 Å². The van der Waals surface area contributed by atoms with Gasteiger partial charge in [0, 0.05) is 61.2 Å². The average molecular weight is 753 g/mol. The number of likely N-dealkylation sites (tertiary alicyclic amines) is 1. The predicted octanol–water partition coefficient (Wildman–Crippen LogP) is 6.11. The van der Waals surface area contributed by atoms with Crippen molar-refractivity contribution in [1.29, 1.82) is 0 Å². The molecule has 2 saturated heterocycles. The number of phenols is 1. The van der Waals surface area contributed by atoms with E-state index in [1.807, 2.05) is 23.6 Å². The zero-order valence-electron chi connectivity index (χ0n) is 31.7. The van der Waals surface area contributed by atoms with Gasteiger partial charge in [0.15, 0.2) is 5.82 Å². The van der Waals surface area contributed by atoms with E-state index in [1.54, 1.807) is 0 Å². The number of hydrogen-bond acceptors (Lipinski definition) is 10. The molecule has 8 rings (SSSR count). The number of Topliss-reactive ketones (excluding diaryl/α,β-unsaturated/α-hetero) is 1. The lowest BCUT2D eigenvalue weighted by molar-refractivity contribution is -0.139. The molecule has 2 aromatic heterocycles. The Morgan fingerprint density at radius 1 is 1.02 bits per heavy atom. The number of hydrogen-bond donors (Lipinski definition) is 1. The first-order valence-electron chi connectivity index (χ1n) is 19.2. The van der Waals surface area contributed by atoms with E-state index in [2.05, 4.69) is 20.8 Å². The van der Waals surface area contributed by atoms with E-state index in [0.29, 0.717) is 43.7 Å². The second-order valence-electron chi connectivity index (χ2n) is 15.9. The summed E-state index contributed by atoms with van der Waals surface area (Å²) in [4.78, 5) is 46.0. The number of ether oxygens (including phenoxy) is 2. The molecule has 0 spiro atoms. The van der Waals surface area contributed by atoms with E-state index in [9.17, 15) is 14.7 Å². The SMILES string of the molecule is C#Cc1c(F)ccc2cc(O)cc(-c3nc(OC)c4c(N5CC(CC)N(C(=O)CC(C)=O)C(CC)C5)nc(OCC5(CN6CC7CC7C6)CC5)nc4c3F)c12. The number of aromatic nitrogens is 3. The average Bonchev–Trinajstić information content (AvgIpc) is 4.08. The van der Waals surface area contributed by atoms with Crippen molar-refractivity contribution in [2.75, 3.05) is 51.3 Å². The molecule has 4 aromatic rings. The number of terminal acetylenes is 1. The number of anilines is 1. The summed E-state index contributed by atoms with van der Waals surface area (Å²) in [5, 5.41) is 11.5. The smallest absolute Gasteiger partial charge is 0.319 e. The fraction of sp³-hybridized carbons (Fsp3) is 0.500. The number of aromatic hydroxyl groups is 1. The van der Waals surface area contributed by atoms with Crippen LogP contribution in [0, 0.1) is 41.2 Å². The van der Waals surface area contributed by atoms with Crippen molar-refractivity contribution in [3.8, 4) is 41.2 Å². The number of rotatable bonds is 12. The van der Waals surface area contributed by atoms with Crippen molar-refractivity contribution >= 4 is 39.2 Å². The fourth-order valence-corrected chi connectivity index (χ4v) is 8.91. The number of benzene rings is 2. The van der Waals surface area contributed by atoms with Crippen LogP contribution < -0.4 is 14.4 Å². The maximum absolute atomic E-state index is 17.4. The first kappa shape index (κ1) is 36.9. The quantitative estimate of drug-likeness (QED) is 0.134. The van der Waals surface area contributed by atoms with E-state index in [4.69, 9.17) is 20.9 Å². The molecular formula is C42H46F2N6O5. The van der Waals surface area contributed by atoms with E-state index < -0.39 is 11.6 Å². The third-order valence-corrected chi connectivity index (χ3v) is 12.0. The van der Waals surface area contributed by atoms with Crippen molar-refractivity contribution in [3.05, 3.63) is 41.5 Å². The molecule has 11 nitrogen and oxygen atoms in total. The minimum Gasteiger partial charge on any atom is -0.508 e. The number of carbonyl (C=O) groups is 2. The Kier molecular flexibility index (Phi) is 9.52. The number of piperazine rings is 1. The zero-order chi connectivity index (χ0) is 38.8. The highest BCUT2D eigenvalue weighted by Gasteiger charge is 2.51. The summed E-state index contributed by atoms with van der Waals surface area (Å²) >= 11 is 0. The van der Waals surface area contributed by atoms with Crippen LogP contribution in [0.1, 0.15) is 64.9 Å². The van der Waals surface area contributed by atoms with Gasteiger partial charge in [-0.1, -0.05) is 25.8 Å². The fourth-order valence-electron chi connectivity index (χ4n) is 8.91. The van der Waals surface area contributed by atoms with Gasteiger partial charge in [0.25, 0.3) is 0 Å². The summed E-state index contributed by atoms with van der Waals surface area (Å²) in [6, 6.07) is 4.85.